The molecule has 6 heteroatoms. The Balaban J connectivity index is 2.41. The van der Waals surface area contributed by atoms with Crippen molar-refractivity contribution >= 4 is 5.78 Å². The zero-order valence-corrected chi connectivity index (χ0v) is 10.4. The van der Waals surface area contributed by atoms with Crippen LogP contribution in [-0.2, 0) is 0 Å². The molecule has 1 heterocycles. The van der Waals surface area contributed by atoms with Gasteiger partial charge in [-0.25, -0.2) is 14.4 Å². The second kappa shape index (κ2) is 5.43. The number of ether oxygens (including phenoxy) is 2. The maximum Gasteiger partial charge on any atom is 0.243 e. The van der Waals surface area contributed by atoms with Gasteiger partial charge in [-0.3, -0.25) is 4.79 Å². The molecular weight excluding hydrogens is 251 g/mol. The Labute approximate surface area is 109 Å². The highest BCUT2D eigenvalue weighted by molar-refractivity contribution is 6.09. The van der Waals surface area contributed by atoms with E-state index in [1.54, 1.807) is 0 Å². The maximum absolute atomic E-state index is 13.6. The Bertz CT molecular complexity index is 617. The highest BCUT2D eigenvalue weighted by Gasteiger charge is 2.18. The molecule has 0 saturated heterocycles. The summed E-state index contributed by atoms with van der Waals surface area (Å²) in [5.74, 6) is -0.908. The van der Waals surface area contributed by atoms with Crippen LogP contribution in [-0.4, -0.2) is 30.0 Å². The summed E-state index contributed by atoms with van der Waals surface area (Å²) in [5, 5.41) is 0. The van der Waals surface area contributed by atoms with Crippen molar-refractivity contribution in [3.8, 4) is 11.6 Å². The van der Waals surface area contributed by atoms with Crippen LogP contribution >= 0.6 is 0 Å². The van der Waals surface area contributed by atoms with Crippen molar-refractivity contribution in [2.24, 2.45) is 0 Å². The zero-order valence-electron chi connectivity index (χ0n) is 10.4. The Kier molecular flexibility index (Phi) is 3.70. The van der Waals surface area contributed by atoms with Gasteiger partial charge in [-0.05, 0) is 18.2 Å². The molecule has 0 amide bonds. The van der Waals surface area contributed by atoms with Crippen LogP contribution in [0.15, 0.2) is 30.6 Å². The highest BCUT2D eigenvalue weighted by atomic mass is 19.1. The van der Waals surface area contributed by atoms with Crippen LogP contribution in [0.2, 0.25) is 0 Å². The minimum Gasteiger partial charge on any atom is -0.494 e. The Morgan fingerprint density at radius 1 is 1.16 bits per heavy atom. The third kappa shape index (κ3) is 2.52. The van der Waals surface area contributed by atoms with Gasteiger partial charge in [0.05, 0.1) is 14.2 Å². The summed E-state index contributed by atoms with van der Waals surface area (Å²) in [6, 6.07) is 3.93. The largest absolute Gasteiger partial charge is 0.494 e. The van der Waals surface area contributed by atoms with Crippen LogP contribution in [0.4, 0.5) is 4.39 Å². The number of hydrogen-bond donors (Lipinski definition) is 0. The van der Waals surface area contributed by atoms with E-state index in [-0.39, 0.29) is 22.9 Å². The average molecular weight is 262 g/mol. The van der Waals surface area contributed by atoms with Crippen molar-refractivity contribution in [3.05, 3.63) is 47.7 Å². The second-order valence-corrected chi connectivity index (χ2v) is 3.59. The Hall–Kier alpha value is -2.50. The van der Waals surface area contributed by atoms with E-state index in [0.29, 0.717) is 0 Å². The molecule has 19 heavy (non-hydrogen) atoms. The number of benzene rings is 1. The lowest BCUT2D eigenvalue weighted by Gasteiger charge is -2.06. The van der Waals surface area contributed by atoms with Gasteiger partial charge < -0.3 is 9.47 Å². The lowest BCUT2D eigenvalue weighted by molar-refractivity contribution is 0.103. The van der Waals surface area contributed by atoms with Crippen molar-refractivity contribution in [1.82, 2.24) is 9.97 Å². The summed E-state index contributed by atoms with van der Waals surface area (Å²) in [7, 11) is 2.74. The van der Waals surface area contributed by atoms with Crippen LogP contribution in [0.5, 0.6) is 11.6 Å². The quantitative estimate of drug-likeness (QED) is 0.787. The molecule has 0 N–H and O–H groups in total. The number of aromatic nitrogens is 2. The summed E-state index contributed by atoms with van der Waals surface area (Å²) in [6.45, 7) is 0. The molecule has 0 bridgehead atoms. The fourth-order valence-corrected chi connectivity index (χ4v) is 1.57. The molecule has 2 rings (SSSR count). The lowest BCUT2D eigenvalue weighted by atomic mass is 10.1. The molecule has 0 saturated carbocycles. The standard InChI is InChI=1S/C13H11FN2O3/c1-18-10-4-3-8(7-9(10)14)12(17)11-13(19-2)16-6-5-15-11/h3-7H,1-2H3. The summed E-state index contributed by atoms with van der Waals surface area (Å²) in [5.41, 5.74) is 0.187. The fourth-order valence-electron chi connectivity index (χ4n) is 1.57. The Morgan fingerprint density at radius 2 is 1.89 bits per heavy atom. The molecule has 5 nitrogen and oxygen atoms in total. The first-order valence-corrected chi connectivity index (χ1v) is 5.40. The normalized spacial score (nSPS) is 10.1. The second-order valence-electron chi connectivity index (χ2n) is 3.59. The van der Waals surface area contributed by atoms with Gasteiger partial charge in [-0.1, -0.05) is 0 Å². The number of hydrogen-bond acceptors (Lipinski definition) is 5. The molecule has 0 aliphatic heterocycles. The molecule has 0 aliphatic carbocycles. The molecule has 0 radical (unpaired) electrons. The van der Waals surface area contributed by atoms with Crippen LogP contribution in [0.25, 0.3) is 0 Å². The monoisotopic (exact) mass is 262 g/mol. The van der Waals surface area contributed by atoms with Crippen LogP contribution < -0.4 is 9.47 Å². The third-order valence-electron chi connectivity index (χ3n) is 2.49. The van der Waals surface area contributed by atoms with Crippen molar-refractivity contribution in [2.45, 2.75) is 0 Å². The van der Waals surface area contributed by atoms with E-state index in [9.17, 15) is 9.18 Å². The van der Waals surface area contributed by atoms with Crippen molar-refractivity contribution in [2.75, 3.05) is 14.2 Å². The van der Waals surface area contributed by atoms with Crippen LogP contribution in [0, 0.1) is 5.82 Å². The summed E-state index contributed by atoms with van der Waals surface area (Å²) in [4.78, 5) is 20.0. The summed E-state index contributed by atoms with van der Waals surface area (Å²) < 4.78 is 23.3. The van der Waals surface area contributed by atoms with E-state index in [4.69, 9.17) is 9.47 Å². The van der Waals surface area contributed by atoms with Gasteiger partial charge in [0.15, 0.2) is 17.3 Å². The molecular formula is C13H11FN2O3. The van der Waals surface area contributed by atoms with E-state index < -0.39 is 11.6 Å². The predicted octanol–water partition coefficient (Wildman–Crippen LogP) is 1.86. The fraction of sp³-hybridized carbons (Fsp3) is 0.154. The molecule has 1 aromatic carbocycles. The number of methoxy groups -OCH3 is 2. The number of rotatable bonds is 4. The summed E-state index contributed by atoms with van der Waals surface area (Å²) in [6.07, 6.45) is 2.78. The minimum atomic E-state index is -0.615. The average Bonchev–Trinajstić information content (AvgIpc) is 2.46. The molecule has 0 atom stereocenters. The van der Waals surface area contributed by atoms with E-state index in [1.807, 2.05) is 0 Å². The zero-order chi connectivity index (χ0) is 13.8. The lowest BCUT2D eigenvalue weighted by Crippen LogP contribution is -2.08. The van der Waals surface area contributed by atoms with Gasteiger partial charge in [-0.15, -0.1) is 0 Å². The highest BCUT2D eigenvalue weighted by Crippen LogP contribution is 2.21. The van der Waals surface area contributed by atoms with Crippen molar-refractivity contribution in [1.29, 1.82) is 0 Å². The topological polar surface area (TPSA) is 61.3 Å². The van der Waals surface area contributed by atoms with Crippen molar-refractivity contribution in [3.63, 3.8) is 0 Å². The predicted molar refractivity (Wildman–Crippen MR) is 65.0 cm³/mol. The van der Waals surface area contributed by atoms with Gasteiger partial charge in [0.25, 0.3) is 0 Å². The number of halogens is 1. The third-order valence-corrected chi connectivity index (χ3v) is 2.49. The van der Waals surface area contributed by atoms with Crippen molar-refractivity contribution < 1.29 is 18.7 Å². The molecule has 98 valence electrons. The van der Waals surface area contributed by atoms with Gasteiger partial charge in [0.1, 0.15) is 0 Å². The minimum absolute atomic E-state index is 0.0366. The molecule has 0 unspecified atom stereocenters. The summed E-state index contributed by atoms with van der Waals surface area (Å²) >= 11 is 0. The first-order valence-electron chi connectivity index (χ1n) is 5.40. The number of ketones is 1. The van der Waals surface area contributed by atoms with Gasteiger partial charge in [0.2, 0.25) is 11.7 Å². The van der Waals surface area contributed by atoms with Crippen LogP contribution in [0.1, 0.15) is 16.1 Å². The molecule has 2 aromatic rings. The van der Waals surface area contributed by atoms with E-state index in [0.717, 1.165) is 6.07 Å². The Morgan fingerprint density at radius 3 is 2.53 bits per heavy atom. The molecule has 0 spiro atoms. The van der Waals surface area contributed by atoms with E-state index >= 15 is 0 Å². The molecule has 1 aromatic heterocycles. The number of carbonyl (C=O) groups is 1. The van der Waals surface area contributed by atoms with Gasteiger partial charge >= 0.3 is 0 Å². The SMILES string of the molecule is COc1ccc(C(=O)c2nccnc2OC)cc1F. The first-order chi connectivity index (χ1) is 9.17. The van der Waals surface area contributed by atoms with E-state index in [2.05, 4.69) is 9.97 Å². The van der Waals surface area contributed by atoms with Gasteiger partial charge in [0, 0.05) is 18.0 Å². The molecule has 0 fully saturated rings. The number of carbonyl (C=O) groups excluding carboxylic acids is 1. The first kappa shape index (κ1) is 12.9. The van der Waals surface area contributed by atoms with E-state index in [1.165, 1.54) is 38.7 Å². The maximum atomic E-state index is 13.6. The smallest absolute Gasteiger partial charge is 0.243 e. The number of nitrogens with zero attached hydrogens (tertiary/aromatic N) is 2. The molecule has 0 aliphatic rings. The van der Waals surface area contributed by atoms with Gasteiger partial charge in [-0.2, -0.15) is 0 Å². The van der Waals surface area contributed by atoms with Crippen LogP contribution in [0.3, 0.4) is 0 Å².